The van der Waals surface area contributed by atoms with Gasteiger partial charge in [0.25, 0.3) is 0 Å². The maximum Gasteiger partial charge on any atom is 0.118 e. The number of nitrogens with zero attached hydrogens (tertiary/aromatic N) is 3. The van der Waals surface area contributed by atoms with Gasteiger partial charge in [-0.3, -0.25) is 10.3 Å². The molecule has 0 spiro atoms. The first-order valence-corrected chi connectivity index (χ1v) is 14.4. The van der Waals surface area contributed by atoms with E-state index in [1.165, 1.54) is 12.3 Å². The van der Waals surface area contributed by atoms with Crippen LogP contribution in [0, 0.1) is 10.8 Å². The van der Waals surface area contributed by atoms with Gasteiger partial charge in [-0.05, 0) is 56.5 Å². The number of pyridine rings is 1. The summed E-state index contributed by atoms with van der Waals surface area (Å²) in [6.07, 6.45) is 16.9. The quantitative estimate of drug-likeness (QED) is 0.0883. The Morgan fingerprint density at radius 3 is 2.83 bits per heavy atom. The molecule has 0 aliphatic carbocycles. The monoisotopic (exact) mass is 564 g/mol. The standard InChI is InChI=1S/C31H45FN8O/c1-3-4-9-26(32)10-6-5-7-15-36-30(34)13-14-31-38-29(24-39(31)2)28-12-8-11-27(37-28)25(22-33)23-35-16-17-40-18-20-41-21-19-40/h3-4,8-9,11-14,22-24,31,33,35,38H,5-7,10,15-21H2,1-2H3,(H2,34,36)/b4-3-,14-13-,25-23+,26-9+,33-22?. The number of hydrogen-bond acceptors (Lipinski definition) is 8. The number of nitrogens with one attached hydrogen (secondary N) is 5. The highest BCUT2D eigenvalue weighted by atomic mass is 19.1. The van der Waals surface area contributed by atoms with Crippen LogP contribution >= 0.6 is 0 Å². The minimum atomic E-state index is -0.107. The Morgan fingerprint density at radius 2 is 2.05 bits per heavy atom. The molecule has 1 aromatic rings. The van der Waals surface area contributed by atoms with E-state index in [1.807, 2.05) is 61.6 Å². The van der Waals surface area contributed by atoms with Crippen molar-refractivity contribution in [2.45, 2.75) is 38.8 Å². The third-order valence-corrected chi connectivity index (χ3v) is 6.81. The van der Waals surface area contributed by atoms with Crippen molar-refractivity contribution in [2.24, 2.45) is 0 Å². The van der Waals surface area contributed by atoms with E-state index in [-0.39, 0.29) is 12.0 Å². The Balaban J connectivity index is 1.43. The Morgan fingerprint density at radius 1 is 1.22 bits per heavy atom. The molecule has 41 heavy (non-hydrogen) atoms. The second-order valence-corrected chi connectivity index (χ2v) is 10.0. The highest BCUT2D eigenvalue weighted by Crippen LogP contribution is 2.20. The molecule has 2 aliphatic heterocycles. The summed E-state index contributed by atoms with van der Waals surface area (Å²) in [5, 5.41) is 26.0. The Kier molecular flexibility index (Phi) is 13.8. The van der Waals surface area contributed by atoms with E-state index < -0.39 is 0 Å². The van der Waals surface area contributed by atoms with Gasteiger partial charge >= 0.3 is 0 Å². The predicted molar refractivity (Wildman–Crippen MR) is 166 cm³/mol. The summed E-state index contributed by atoms with van der Waals surface area (Å²) in [7, 11) is 1.97. The summed E-state index contributed by atoms with van der Waals surface area (Å²) in [6, 6.07) is 5.80. The number of hydrogen-bond donors (Lipinski definition) is 5. The summed E-state index contributed by atoms with van der Waals surface area (Å²) >= 11 is 0. The fourth-order valence-corrected chi connectivity index (χ4v) is 4.42. The molecule has 9 nitrogen and oxygen atoms in total. The predicted octanol–water partition coefficient (Wildman–Crippen LogP) is 4.27. The number of aromatic nitrogens is 1. The zero-order chi connectivity index (χ0) is 29.3. The zero-order valence-electron chi connectivity index (χ0n) is 24.3. The van der Waals surface area contributed by atoms with E-state index in [0.29, 0.717) is 24.4 Å². The van der Waals surface area contributed by atoms with Crippen LogP contribution in [0.4, 0.5) is 4.39 Å². The second kappa shape index (κ2) is 17.8. The average molecular weight is 565 g/mol. The number of halogens is 1. The highest BCUT2D eigenvalue weighted by molar-refractivity contribution is 6.07. The zero-order valence-corrected chi connectivity index (χ0v) is 24.3. The molecule has 0 amide bonds. The van der Waals surface area contributed by atoms with Crippen LogP contribution < -0.4 is 16.0 Å². The maximum atomic E-state index is 13.5. The van der Waals surface area contributed by atoms with Gasteiger partial charge in [0.1, 0.15) is 12.0 Å². The average Bonchev–Trinajstić information content (AvgIpc) is 3.37. The number of rotatable bonds is 16. The first kappa shape index (κ1) is 31.8. The van der Waals surface area contributed by atoms with Crippen molar-refractivity contribution in [1.29, 1.82) is 10.8 Å². The molecule has 222 valence electrons. The molecule has 1 aromatic heterocycles. The van der Waals surface area contributed by atoms with Crippen LogP contribution in [-0.2, 0) is 4.74 Å². The van der Waals surface area contributed by atoms with Gasteiger partial charge in [0.05, 0.1) is 36.1 Å². The minimum absolute atomic E-state index is 0.0893. The summed E-state index contributed by atoms with van der Waals surface area (Å²) in [4.78, 5) is 9.19. The largest absolute Gasteiger partial charge is 0.389 e. The third-order valence-electron chi connectivity index (χ3n) is 6.81. The van der Waals surface area contributed by atoms with Gasteiger partial charge in [0.2, 0.25) is 0 Å². The number of allylic oxidation sites excluding steroid dienone is 5. The number of likely N-dealkylation sites (N-methyl/N-ethyl adjacent to an activating group) is 1. The molecular weight excluding hydrogens is 519 g/mol. The van der Waals surface area contributed by atoms with E-state index in [9.17, 15) is 4.39 Å². The molecule has 0 aromatic carbocycles. The van der Waals surface area contributed by atoms with E-state index in [2.05, 4.69) is 20.9 Å². The topological polar surface area (TPSA) is 112 Å². The van der Waals surface area contributed by atoms with Gasteiger partial charge < -0.3 is 31.0 Å². The lowest BCUT2D eigenvalue weighted by Crippen LogP contribution is -2.39. The molecule has 1 atom stereocenters. The minimum Gasteiger partial charge on any atom is -0.389 e. The van der Waals surface area contributed by atoms with Gasteiger partial charge in [0, 0.05) is 64.0 Å². The lowest BCUT2D eigenvalue weighted by Gasteiger charge is -2.26. The maximum absolute atomic E-state index is 13.5. The Hall–Kier alpha value is -3.76. The molecule has 0 radical (unpaired) electrons. The Labute approximate surface area is 243 Å². The van der Waals surface area contributed by atoms with Crippen LogP contribution in [0.25, 0.3) is 11.3 Å². The molecule has 10 heteroatoms. The van der Waals surface area contributed by atoms with Gasteiger partial charge in [-0.1, -0.05) is 24.6 Å². The van der Waals surface area contributed by atoms with Crippen molar-refractivity contribution < 1.29 is 9.13 Å². The van der Waals surface area contributed by atoms with Crippen molar-refractivity contribution in [1.82, 2.24) is 30.7 Å². The molecule has 3 heterocycles. The van der Waals surface area contributed by atoms with E-state index >= 15 is 0 Å². The highest BCUT2D eigenvalue weighted by Gasteiger charge is 2.20. The molecule has 1 fully saturated rings. The molecule has 2 aliphatic rings. The normalized spacial score (nSPS) is 18.6. The summed E-state index contributed by atoms with van der Waals surface area (Å²) in [6.45, 7) is 7.75. The summed E-state index contributed by atoms with van der Waals surface area (Å²) in [5.41, 5.74) is 3.11. The molecule has 1 unspecified atom stereocenters. The smallest absolute Gasteiger partial charge is 0.118 e. The van der Waals surface area contributed by atoms with Crippen LogP contribution in [0.5, 0.6) is 0 Å². The van der Waals surface area contributed by atoms with Crippen molar-refractivity contribution >= 4 is 23.3 Å². The van der Waals surface area contributed by atoms with Crippen LogP contribution in [0.1, 0.15) is 44.0 Å². The van der Waals surface area contributed by atoms with Crippen LogP contribution in [0.15, 0.2) is 66.8 Å². The van der Waals surface area contributed by atoms with Crippen molar-refractivity contribution in [3.05, 3.63) is 78.2 Å². The first-order valence-electron chi connectivity index (χ1n) is 14.4. The molecule has 5 N–H and O–H groups in total. The second-order valence-electron chi connectivity index (χ2n) is 10.0. The van der Waals surface area contributed by atoms with Gasteiger partial charge in [-0.15, -0.1) is 0 Å². The van der Waals surface area contributed by atoms with E-state index in [4.69, 9.17) is 20.5 Å². The van der Waals surface area contributed by atoms with Crippen LogP contribution in [0.3, 0.4) is 0 Å². The fourth-order valence-electron chi connectivity index (χ4n) is 4.42. The van der Waals surface area contributed by atoms with Crippen molar-refractivity contribution in [3.63, 3.8) is 0 Å². The first-order chi connectivity index (χ1) is 20.0. The lowest BCUT2D eigenvalue weighted by atomic mass is 10.1. The van der Waals surface area contributed by atoms with Gasteiger partial charge in [0.15, 0.2) is 0 Å². The molecule has 3 rings (SSSR count). The molecule has 1 saturated heterocycles. The van der Waals surface area contributed by atoms with Gasteiger partial charge in [-0.25, -0.2) is 9.37 Å². The van der Waals surface area contributed by atoms with Gasteiger partial charge in [-0.2, -0.15) is 0 Å². The fraction of sp³-hybridized carbons (Fsp3) is 0.452. The Bertz CT molecular complexity index is 1140. The molecule has 0 saturated carbocycles. The third kappa shape index (κ3) is 11.3. The molecular formula is C31H45FN8O. The summed E-state index contributed by atoms with van der Waals surface area (Å²) in [5.74, 6) is 0.253. The van der Waals surface area contributed by atoms with E-state index in [1.54, 1.807) is 12.2 Å². The van der Waals surface area contributed by atoms with E-state index in [0.717, 1.165) is 75.7 Å². The van der Waals surface area contributed by atoms with Crippen molar-refractivity contribution in [3.8, 4) is 0 Å². The number of ether oxygens (including phenoxy) is 1. The summed E-state index contributed by atoms with van der Waals surface area (Å²) < 4.78 is 18.9. The van der Waals surface area contributed by atoms with Crippen LogP contribution in [0.2, 0.25) is 0 Å². The SMILES string of the molecule is C/C=C\C=C(\F)CCCCCNC(=N)/C=C\C1NC(c2cccc(/C(C=N)=C/NCCN3CCOCC3)n2)=CN1C. The molecule has 0 bridgehead atoms. The number of morpholine rings is 1. The number of amidine groups is 1. The van der Waals surface area contributed by atoms with Crippen LogP contribution in [-0.4, -0.2) is 86.0 Å². The lowest BCUT2D eigenvalue weighted by molar-refractivity contribution is 0.0388. The van der Waals surface area contributed by atoms with Crippen molar-refractivity contribution in [2.75, 3.05) is 53.0 Å². The number of unbranched alkanes of at least 4 members (excludes halogenated alkanes) is 2.